The van der Waals surface area contributed by atoms with Gasteiger partial charge >= 0.3 is 5.97 Å². The van der Waals surface area contributed by atoms with Crippen molar-refractivity contribution in [1.82, 2.24) is 20.0 Å². The van der Waals surface area contributed by atoms with E-state index in [0.29, 0.717) is 51.6 Å². The SMILES string of the molecule is COC(=O)CC(=O)N1CCN(C(C(=O)NCCCN2CCCC2=O)C2CCCC2)CC1. The third-order valence-corrected chi connectivity index (χ3v) is 6.77. The quantitative estimate of drug-likeness (QED) is 0.319. The van der Waals surface area contributed by atoms with Crippen LogP contribution >= 0.6 is 0 Å². The maximum atomic E-state index is 13.1. The molecular weight excluding hydrogens is 400 g/mol. The van der Waals surface area contributed by atoms with E-state index in [9.17, 15) is 19.2 Å². The summed E-state index contributed by atoms with van der Waals surface area (Å²) in [6, 6.07) is -0.172. The highest BCUT2D eigenvalue weighted by atomic mass is 16.5. The molecule has 1 unspecified atom stereocenters. The molecule has 9 nitrogen and oxygen atoms in total. The predicted octanol–water partition coefficient (Wildman–Crippen LogP) is 0.381. The van der Waals surface area contributed by atoms with E-state index in [2.05, 4.69) is 15.0 Å². The highest BCUT2D eigenvalue weighted by molar-refractivity contribution is 5.94. The van der Waals surface area contributed by atoms with E-state index in [1.807, 2.05) is 4.90 Å². The van der Waals surface area contributed by atoms with Crippen LogP contribution in [0.5, 0.6) is 0 Å². The molecule has 0 radical (unpaired) electrons. The van der Waals surface area contributed by atoms with Crippen LogP contribution in [0.4, 0.5) is 0 Å². The van der Waals surface area contributed by atoms with Crippen molar-refractivity contribution in [3.63, 3.8) is 0 Å². The smallest absolute Gasteiger partial charge is 0.315 e. The Hall–Kier alpha value is -2.16. The fourth-order valence-electron chi connectivity index (χ4n) is 5.03. The van der Waals surface area contributed by atoms with Crippen molar-refractivity contribution >= 4 is 23.7 Å². The maximum absolute atomic E-state index is 13.1. The lowest BCUT2D eigenvalue weighted by molar-refractivity contribution is -0.147. The van der Waals surface area contributed by atoms with E-state index in [1.165, 1.54) is 7.11 Å². The summed E-state index contributed by atoms with van der Waals surface area (Å²) in [5.41, 5.74) is 0. The first kappa shape index (κ1) is 23.5. The Bertz CT molecular complexity index is 656. The zero-order valence-electron chi connectivity index (χ0n) is 18.6. The normalized spacial score (nSPS) is 21.4. The van der Waals surface area contributed by atoms with E-state index in [4.69, 9.17) is 0 Å². The number of hydrogen-bond acceptors (Lipinski definition) is 6. The molecule has 3 rings (SSSR count). The van der Waals surface area contributed by atoms with Gasteiger partial charge in [0, 0.05) is 52.2 Å². The summed E-state index contributed by atoms with van der Waals surface area (Å²) >= 11 is 0. The maximum Gasteiger partial charge on any atom is 0.315 e. The van der Waals surface area contributed by atoms with E-state index in [1.54, 1.807) is 4.90 Å². The van der Waals surface area contributed by atoms with Crippen LogP contribution in [0.25, 0.3) is 0 Å². The van der Waals surface area contributed by atoms with Gasteiger partial charge in [0.1, 0.15) is 6.42 Å². The summed E-state index contributed by atoms with van der Waals surface area (Å²) in [6.45, 7) is 4.40. The first-order valence-electron chi connectivity index (χ1n) is 11.6. The number of likely N-dealkylation sites (tertiary alicyclic amines) is 1. The lowest BCUT2D eigenvalue weighted by atomic mass is 9.95. The van der Waals surface area contributed by atoms with Crippen LogP contribution in [0.1, 0.15) is 51.4 Å². The van der Waals surface area contributed by atoms with Crippen LogP contribution in [0.3, 0.4) is 0 Å². The van der Waals surface area contributed by atoms with Crippen molar-refractivity contribution in [2.24, 2.45) is 5.92 Å². The molecule has 2 aliphatic heterocycles. The molecule has 0 aromatic carbocycles. The number of esters is 1. The Morgan fingerprint density at radius 1 is 1.06 bits per heavy atom. The first-order chi connectivity index (χ1) is 15.0. The molecule has 0 bridgehead atoms. The third kappa shape index (κ3) is 6.41. The number of hydrogen-bond donors (Lipinski definition) is 1. The fourth-order valence-corrected chi connectivity index (χ4v) is 5.03. The zero-order valence-corrected chi connectivity index (χ0v) is 18.6. The average Bonchev–Trinajstić information content (AvgIpc) is 3.44. The standard InChI is InChI=1S/C22H36N4O5/c1-31-20(29)16-19(28)25-12-14-26(15-13-25)21(17-6-2-3-7-17)22(30)23-9-5-11-24-10-4-8-18(24)27/h17,21H,2-16H2,1H3,(H,23,30). The van der Waals surface area contributed by atoms with Crippen molar-refractivity contribution in [1.29, 1.82) is 0 Å². The number of ether oxygens (including phenoxy) is 1. The molecule has 1 N–H and O–H groups in total. The van der Waals surface area contributed by atoms with Crippen LogP contribution in [0, 0.1) is 5.92 Å². The lowest BCUT2D eigenvalue weighted by Gasteiger charge is -2.40. The molecule has 0 aromatic rings. The topological polar surface area (TPSA) is 99.3 Å². The third-order valence-electron chi connectivity index (χ3n) is 6.77. The fraction of sp³-hybridized carbons (Fsp3) is 0.818. The van der Waals surface area contributed by atoms with Gasteiger partial charge in [0.15, 0.2) is 0 Å². The van der Waals surface area contributed by atoms with Crippen LogP contribution in [-0.4, -0.2) is 97.4 Å². The second-order valence-electron chi connectivity index (χ2n) is 8.79. The van der Waals surface area contributed by atoms with Crippen molar-refractivity contribution < 1.29 is 23.9 Å². The number of amides is 3. The van der Waals surface area contributed by atoms with Gasteiger partial charge in [-0.2, -0.15) is 0 Å². The second kappa shape index (κ2) is 11.5. The monoisotopic (exact) mass is 436 g/mol. The molecule has 2 heterocycles. The number of nitrogens with zero attached hydrogens (tertiary/aromatic N) is 3. The number of piperazine rings is 1. The Morgan fingerprint density at radius 3 is 2.39 bits per heavy atom. The molecule has 3 aliphatic rings. The molecule has 174 valence electrons. The Labute approximate surface area is 184 Å². The summed E-state index contributed by atoms with van der Waals surface area (Å²) in [4.78, 5) is 54.2. The number of carbonyl (C=O) groups is 4. The van der Waals surface area contributed by atoms with Crippen molar-refractivity contribution in [3.8, 4) is 0 Å². The summed E-state index contributed by atoms with van der Waals surface area (Å²) < 4.78 is 4.58. The average molecular weight is 437 g/mol. The Balaban J connectivity index is 1.48. The lowest BCUT2D eigenvalue weighted by Crippen LogP contribution is -2.58. The van der Waals surface area contributed by atoms with Crippen LogP contribution in [0.2, 0.25) is 0 Å². The van der Waals surface area contributed by atoms with Gasteiger partial charge in [0.05, 0.1) is 13.2 Å². The Kier molecular flexibility index (Phi) is 8.69. The minimum Gasteiger partial charge on any atom is -0.469 e. The van der Waals surface area contributed by atoms with Gasteiger partial charge in [-0.05, 0) is 31.6 Å². The van der Waals surface area contributed by atoms with Crippen molar-refractivity contribution in [3.05, 3.63) is 0 Å². The van der Waals surface area contributed by atoms with Gasteiger partial charge in [0.25, 0.3) is 0 Å². The predicted molar refractivity (Wildman–Crippen MR) is 114 cm³/mol. The molecule has 1 aliphatic carbocycles. The highest BCUT2D eigenvalue weighted by Gasteiger charge is 2.37. The van der Waals surface area contributed by atoms with Crippen LogP contribution in [-0.2, 0) is 23.9 Å². The molecule has 0 spiro atoms. The molecule has 0 aromatic heterocycles. The molecular formula is C22H36N4O5. The highest BCUT2D eigenvalue weighted by Crippen LogP contribution is 2.31. The van der Waals surface area contributed by atoms with Gasteiger partial charge in [-0.3, -0.25) is 24.1 Å². The minimum atomic E-state index is -0.522. The molecule has 1 atom stereocenters. The number of methoxy groups -OCH3 is 1. The summed E-state index contributed by atoms with van der Waals surface area (Å²) in [6.07, 6.45) is 6.54. The number of rotatable bonds is 9. The molecule has 9 heteroatoms. The first-order valence-corrected chi connectivity index (χ1v) is 11.6. The van der Waals surface area contributed by atoms with Gasteiger partial charge in [0.2, 0.25) is 17.7 Å². The second-order valence-corrected chi connectivity index (χ2v) is 8.79. The summed E-state index contributed by atoms with van der Waals surface area (Å²) in [5, 5.41) is 3.10. The van der Waals surface area contributed by atoms with Crippen molar-refractivity contribution in [2.45, 2.75) is 57.4 Å². The van der Waals surface area contributed by atoms with Gasteiger partial charge < -0.3 is 19.9 Å². The van der Waals surface area contributed by atoms with Crippen LogP contribution < -0.4 is 5.32 Å². The van der Waals surface area contributed by atoms with E-state index < -0.39 is 5.97 Å². The van der Waals surface area contributed by atoms with Gasteiger partial charge in [-0.15, -0.1) is 0 Å². The largest absolute Gasteiger partial charge is 0.469 e. The molecule has 3 amide bonds. The van der Waals surface area contributed by atoms with E-state index in [0.717, 1.165) is 45.1 Å². The molecule has 2 saturated heterocycles. The van der Waals surface area contributed by atoms with Crippen molar-refractivity contribution in [2.75, 3.05) is 52.9 Å². The summed E-state index contributed by atoms with van der Waals surface area (Å²) in [5.74, 6) is -0.114. The molecule has 3 fully saturated rings. The zero-order chi connectivity index (χ0) is 22.2. The number of nitrogens with one attached hydrogen (secondary N) is 1. The Morgan fingerprint density at radius 2 is 1.77 bits per heavy atom. The molecule has 31 heavy (non-hydrogen) atoms. The molecule has 1 saturated carbocycles. The number of carbonyl (C=O) groups excluding carboxylic acids is 4. The van der Waals surface area contributed by atoms with Gasteiger partial charge in [-0.25, -0.2) is 0 Å². The van der Waals surface area contributed by atoms with E-state index >= 15 is 0 Å². The minimum absolute atomic E-state index is 0.0639. The van der Waals surface area contributed by atoms with E-state index in [-0.39, 0.29) is 30.2 Å². The van der Waals surface area contributed by atoms with Gasteiger partial charge in [-0.1, -0.05) is 12.8 Å². The summed E-state index contributed by atoms with van der Waals surface area (Å²) in [7, 11) is 1.28. The van der Waals surface area contributed by atoms with Crippen LogP contribution in [0.15, 0.2) is 0 Å².